The summed E-state index contributed by atoms with van der Waals surface area (Å²) in [4.78, 5) is 13.1. The van der Waals surface area contributed by atoms with Gasteiger partial charge >= 0.3 is 0 Å². The van der Waals surface area contributed by atoms with E-state index >= 15 is 0 Å². The second kappa shape index (κ2) is 54.3. The molecule has 1 amide bonds. The molecule has 9 nitrogen and oxygen atoms in total. The van der Waals surface area contributed by atoms with E-state index in [4.69, 9.17) is 9.47 Å². The molecule has 434 valence electrons. The Morgan fingerprint density at radius 2 is 0.767 bits per heavy atom. The zero-order valence-corrected chi connectivity index (χ0v) is 48.4. The van der Waals surface area contributed by atoms with Crippen LogP contribution in [0.15, 0.2) is 12.2 Å². The molecule has 7 atom stereocenters. The third kappa shape index (κ3) is 43.6. The van der Waals surface area contributed by atoms with Gasteiger partial charge in [-0.25, -0.2) is 0 Å². The van der Waals surface area contributed by atoms with Crippen LogP contribution in [0.3, 0.4) is 0 Å². The van der Waals surface area contributed by atoms with Gasteiger partial charge in [-0.15, -0.1) is 0 Å². The van der Waals surface area contributed by atoms with Gasteiger partial charge in [-0.3, -0.25) is 4.79 Å². The Balaban J connectivity index is 2.13. The lowest BCUT2D eigenvalue weighted by Gasteiger charge is -2.40. The zero-order valence-electron chi connectivity index (χ0n) is 48.4. The Labute approximate surface area is 452 Å². The minimum Gasteiger partial charge on any atom is -0.394 e. The third-order valence-corrected chi connectivity index (χ3v) is 15.9. The molecule has 1 heterocycles. The highest BCUT2D eigenvalue weighted by Crippen LogP contribution is 2.24. The van der Waals surface area contributed by atoms with Crippen molar-refractivity contribution in [2.75, 3.05) is 13.2 Å². The molecule has 7 unspecified atom stereocenters. The standard InChI is InChI=1S/C64H125NO8/c1-3-5-7-9-11-13-15-17-19-21-23-25-26-27-28-29-30-31-32-34-36-38-40-42-44-46-48-50-52-54-60(68)65-57(56-72-64-63(71)62(70)61(69)59(55-66)73-64)58(67)53-51-49-47-45-43-41-39-37-35-33-24-22-20-18-16-14-12-10-8-6-4-2/h27-28,57-59,61-64,66-67,69-71H,3-26,29-56H2,1-2H3,(H,65,68)/b28-27-. The minimum atomic E-state index is -1.55. The Morgan fingerprint density at radius 3 is 1.11 bits per heavy atom. The van der Waals surface area contributed by atoms with Gasteiger partial charge in [-0.05, 0) is 38.5 Å². The molecule has 0 radical (unpaired) electrons. The maximum absolute atomic E-state index is 13.1. The van der Waals surface area contributed by atoms with Gasteiger partial charge in [0, 0.05) is 6.42 Å². The van der Waals surface area contributed by atoms with Gasteiger partial charge in [0.25, 0.3) is 0 Å². The molecule has 1 aliphatic heterocycles. The van der Waals surface area contributed by atoms with Crippen molar-refractivity contribution in [1.29, 1.82) is 0 Å². The number of hydrogen-bond donors (Lipinski definition) is 6. The molecule has 0 aliphatic carbocycles. The molecule has 0 spiro atoms. The van der Waals surface area contributed by atoms with Crippen LogP contribution in [0.4, 0.5) is 0 Å². The third-order valence-electron chi connectivity index (χ3n) is 15.9. The summed E-state index contributed by atoms with van der Waals surface area (Å²) in [7, 11) is 0. The number of rotatable bonds is 57. The number of unbranched alkanes of at least 4 members (excludes halogenated alkanes) is 45. The number of aliphatic hydroxyl groups excluding tert-OH is 5. The maximum Gasteiger partial charge on any atom is 0.220 e. The molecular weight excluding hydrogens is 911 g/mol. The molecule has 9 heteroatoms. The number of aliphatic hydroxyl groups is 5. The number of carbonyl (C=O) groups is 1. The van der Waals surface area contributed by atoms with Crippen molar-refractivity contribution in [1.82, 2.24) is 5.32 Å². The first-order valence-electron chi connectivity index (χ1n) is 32.4. The zero-order chi connectivity index (χ0) is 52.9. The summed E-state index contributed by atoms with van der Waals surface area (Å²) in [5, 5.41) is 54.8. The monoisotopic (exact) mass is 1040 g/mol. The number of ether oxygens (including phenoxy) is 2. The van der Waals surface area contributed by atoms with Crippen LogP contribution in [0.1, 0.15) is 335 Å². The fourth-order valence-corrected chi connectivity index (χ4v) is 10.7. The molecule has 0 aromatic rings. The first-order valence-corrected chi connectivity index (χ1v) is 32.4. The van der Waals surface area contributed by atoms with Gasteiger partial charge in [-0.2, -0.15) is 0 Å². The van der Waals surface area contributed by atoms with Crippen molar-refractivity contribution in [3.8, 4) is 0 Å². The van der Waals surface area contributed by atoms with E-state index in [0.717, 1.165) is 38.5 Å². The maximum atomic E-state index is 13.1. The topological polar surface area (TPSA) is 149 Å². The number of allylic oxidation sites excluding steroid dienone is 2. The molecule has 0 saturated carbocycles. The molecule has 0 bridgehead atoms. The van der Waals surface area contributed by atoms with Crippen molar-refractivity contribution in [2.24, 2.45) is 0 Å². The van der Waals surface area contributed by atoms with Crippen LogP contribution < -0.4 is 5.32 Å². The molecule has 0 aromatic carbocycles. The van der Waals surface area contributed by atoms with Crippen LogP contribution in [0.25, 0.3) is 0 Å². The minimum absolute atomic E-state index is 0.133. The van der Waals surface area contributed by atoms with Crippen molar-refractivity contribution in [2.45, 2.75) is 378 Å². The van der Waals surface area contributed by atoms with Gasteiger partial charge in [0.2, 0.25) is 5.91 Å². The Morgan fingerprint density at radius 1 is 0.452 bits per heavy atom. The predicted octanol–water partition coefficient (Wildman–Crippen LogP) is 16.7. The van der Waals surface area contributed by atoms with Crippen molar-refractivity contribution < 1.29 is 39.8 Å². The SMILES string of the molecule is CCCCCCCCCCCCCC/C=C\CCCCCCCCCCCCCCCC(=O)NC(COC1OC(CO)C(O)C(O)C1O)C(O)CCCCCCCCCCCCCCCCCCCCCCC. The van der Waals surface area contributed by atoms with Crippen LogP contribution in [0.5, 0.6) is 0 Å². The van der Waals surface area contributed by atoms with E-state index < -0.39 is 49.5 Å². The Bertz CT molecular complexity index is 1150. The lowest BCUT2D eigenvalue weighted by Crippen LogP contribution is -2.60. The summed E-state index contributed by atoms with van der Waals surface area (Å²) in [6, 6.07) is -0.717. The molecule has 6 N–H and O–H groups in total. The average Bonchev–Trinajstić information content (AvgIpc) is 3.39. The number of carbonyl (C=O) groups excluding carboxylic acids is 1. The molecular formula is C64H125NO8. The van der Waals surface area contributed by atoms with E-state index in [0.29, 0.717) is 12.8 Å². The summed E-state index contributed by atoms with van der Waals surface area (Å²) in [5.41, 5.74) is 0. The van der Waals surface area contributed by atoms with Gasteiger partial charge in [0.05, 0.1) is 25.4 Å². The predicted molar refractivity (Wildman–Crippen MR) is 309 cm³/mol. The normalized spacial score (nSPS) is 19.0. The summed E-state index contributed by atoms with van der Waals surface area (Å²) in [6.07, 6.45) is 61.2. The van der Waals surface area contributed by atoms with Crippen LogP contribution in [0.2, 0.25) is 0 Å². The Kier molecular flexibility index (Phi) is 52.0. The van der Waals surface area contributed by atoms with Gasteiger partial charge in [-0.1, -0.05) is 302 Å². The quantitative estimate of drug-likeness (QED) is 0.0261. The average molecular weight is 1040 g/mol. The van der Waals surface area contributed by atoms with Crippen LogP contribution in [-0.2, 0) is 14.3 Å². The largest absolute Gasteiger partial charge is 0.394 e. The van der Waals surface area contributed by atoms with E-state index in [1.54, 1.807) is 0 Å². The van der Waals surface area contributed by atoms with Crippen LogP contribution in [-0.4, -0.2) is 87.5 Å². The van der Waals surface area contributed by atoms with Gasteiger partial charge < -0.3 is 40.3 Å². The van der Waals surface area contributed by atoms with Crippen molar-refractivity contribution in [3.63, 3.8) is 0 Å². The van der Waals surface area contributed by atoms with E-state index in [9.17, 15) is 30.3 Å². The highest BCUT2D eigenvalue weighted by molar-refractivity contribution is 5.76. The van der Waals surface area contributed by atoms with Crippen LogP contribution in [0, 0.1) is 0 Å². The van der Waals surface area contributed by atoms with E-state index in [2.05, 4.69) is 31.3 Å². The smallest absolute Gasteiger partial charge is 0.220 e. The van der Waals surface area contributed by atoms with Crippen LogP contribution >= 0.6 is 0 Å². The van der Waals surface area contributed by atoms with Gasteiger partial charge in [0.1, 0.15) is 24.4 Å². The van der Waals surface area contributed by atoms with E-state index in [-0.39, 0.29) is 12.5 Å². The first kappa shape index (κ1) is 69.9. The summed E-state index contributed by atoms with van der Waals surface area (Å²) < 4.78 is 11.3. The summed E-state index contributed by atoms with van der Waals surface area (Å²) in [5.74, 6) is -0.137. The molecule has 73 heavy (non-hydrogen) atoms. The van der Waals surface area contributed by atoms with Crippen molar-refractivity contribution in [3.05, 3.63) is 12.2 Å². The second-order valence-electron chi connectivity index (χ2n) is 22.9. The number of nitrogens with one attached hydrogen (secondary N) is 1. The highest BCUT2D eigenvalue weighted by atomic mass is 16.7. The molecule has 1 rings (SSSR count). The fourth-order valence-electron chi connectivity index (χ4n) is 10.7. The second-order valence-corrected chi connectivity index (χ2v) is 22.9. The van der Waals surface area contributed by atoms with E-state index in [1.807, 2.05) is 0 Å². The molecule has 1 saturated heterocycles. The number of amides is 1. The molecule has 1 fully saturated rings. The lowest BCUT2D eigenvalue weighted by atomic mass is 9.99. The fraction of sp³-hybridized carbons (Fsp3) is 0.953. The van der Waals surface area contributed by atoms with Gasteiger partial charge in [0.15, 0.2) is 6.29 Å². The lowest BCUT2D eigenvalue weighted by molar-refractivity contribution is -0.302. The molecule has 1 aliphatic rings. The highest BCUT2D eigenvalue weighted by Gasteiger charge is 2.44. The molecule has 0 aromatic heterocycles. The number of hydrogen-bond acceptors (Lipinski definition) is 8. The van der Waals surface area contributed by atoms with Crippen molar-refractivity contribution >= 4 is 5.91 Å². The first-order chi connectivity index (χ1) is 35.8. The van der Waals surface area contributed by atoms with E-state index in [1.165, 1.54) is 270 Å². The summed E-state index contributed by atoms with van der Waals surface area (Å²) >= 11 is 0. The Hall–Kier alpha value is -1.07. The summed E-state index contributed by atoms with van der Waals surface area (Å²) in [6.45, 7) is 3.89.